The Morgan fingerprint density at radius 3 is 2.55 bits per heavy atom. The number of rotatable bonds is 6. The first-order valence-corrected chi connectivity index (χ1v) is 12.3. The van der Waals surface area contributed by atoms with Gasteiger partial charge in [-0.1, -0.05) is 38.2 Å². The van der Waals surface area contributed by atoms with E-state index in [2.05, 4.69) is 4.98 Å². The molecule has 0 radical (unpaired) electrons. The summed E-state index contributed by atoms with van der Waals surface area (Å²) in [6.07, 6.45) is 8.18. The molecular formula is C21H28N4O5S. The third kappa shape index (κ3) is 3.55. The number of aromatic nitrogens is 1. The molecule has 0 spiro atoms. The highest BCUT2D eigenvalue weighted by molar-refractivity contribution is 7.89. The van der Waals surface area contributed by atoms with Gasteiger partial charge in [0, 0.05) is 19.2 Å². The van der Waals surface area contributed by atoms with Crippen LogP contribution in [0.25, 0.3) is 0 Å². The number of hydrogen-bond donors (Lipinski definition) is 1. The van der Waals surface area contributed by atoms with Gasteiger partial charge in [0.25, 0.3) is 15.9 Å². The Hall–Kier alpha value is -2.33. The monoisotopic (exact) mass is 448 g/mol. The van der Waals surface area contributed by atoms with Crippen LogP contribution in [0.5, 0.6) is 0 Å². The second-order valence-electron chi connectivity index (χ2n) is 8.66. The average Bonchev–Trinajstić information content (AvgIpc) is 3.31. The van der Waals surface area contributed by atoms with Crippen LogP contribution >= 0.6 is 0 Å². The fourth-order valence-electron chi connectivity index (χ4n) is 5.44. The summed E-state index contributed by atoms with van der Waals surface area (Å²) in [4.78, 5) is 44.0. The van der Waals surface area contributed by atoms with Crippen molar-refractivity contribution in [2.75, 3.05) is 13.1 Å². The second kappa shape index (κ2) is 8.31. The van der Waals surface area contributed by atoms with Crippen molar-refractivity contribution in [3.8, 4) is 0 Å². The fourth-order valence-corrected chi connectivity index (χ4v) is 7.01. The van der Waals surface area contributed by atoms with E-state index in [9.17, 15) is 22.8 Å². The largest absolute Gasteiger partial charge is 0.367 e. The van der Waals surface area contributed by atoms with Crippen LogP contribution in [0.1, 0.15) is 51.4 Å². The number of fused-ring (bicyclic) bond motifs is 1. The van der Waals surface area contributed by atoms with Crippen LogP contribution in [0.15, 0.2) is 29.4 Å². The lowest BCUT2D eigenvalue weighted by molar-refractivity contribution is -0.149. The van der Waals surface area contributed by atoms with E-state index in [4.69, 9.17) is 5.73 Å². The average molecular weight is 449 g/mol. The van der Waals surface area contributed by atoms with Gasteiger partial charge in [0.05, 0.1) is 12.6 Å². The predicted molar refractivity (Wildman–Crippen MR) is 111 cm³/mol. The maximum Gasteiger partial charge on any atom is 0.261 e. The van der Waals surface area contributed by atoms with Gasteiger partial charge in [-0.15, -0.1) is 0 Å². The molecule has 10 heteroatoms. The van der Waals surface area contributed by atoms with Crippen molar-refractivity contribution in [2.24, 2.45) is 11.7 Å². The van der Waals surface area contributed by atoms with Crippen molar-refractivity contribution in [2.45, 2.75) is 68.0 Å². The summed E-state index contributed by atoms with van der Waals surface area (Å²) in [6, 6.07) is 3.45. The summed E-state index contributed by atoms with van der Waals surface area (Å²) in [5.74, 6) is -1.45. The van der Waals surface area contributed by atoms with Gasteiger partial charge in [-0.05, 0) is 30.9 Å². The summed E-state index contributed by atoms with van der Waals surface area (Å²) in [7, 11) is -4.12. The van der Waals surface area contributed by atoms with Gasteiger partial charge in [0.2, 0.25) is 5.91 Å². The molecule has 9 nitrogen and oxygen atoms in total. The maximum atomic E-state index is 13.2. The molecule has 2 aliphatic heterocycles. The number of ketones is 1. The molecule has 3 heterocycles. The lowest BCUT2D eigenvalue weighted by Crippen LogP contribution is -2.64. The molecule has 31 heavy (non-hydrogen) atoms. The Balaban J connectivity index is 1.59. The normalized spacial score (nSPS) is 27.4. The lowest BCUT2D eigenvalue weighted by atomic mass is 9.85. The number of carbonyl (C=O) groups excluding carboxylic acids is 3. The van der Waals surface area contributed by atoms with E-state index in [1.807, 2.05) is 0 Å². The fraction of sp³-hybridized carbons (Fsp3) is 0.619. The second-order valence-corrected chi connectivity index (χ2v) is 10.5. The number of nitrogens with two attached hydrogens (primary N) is 1. The maximum absolute atomic E-state index is 13.2. The number of hydrogen-bond acceptors (Lipinski definition) is 6. The molecule has 1 aliphatic carbocycles. The lowest BCUT2D eigenvalue weighted by Gasteiger charge is -2.35. The molecule has 4 rings (SSSR count). The van der Waals surface area contributed by atoms with E-state index in [1.165, 1.54) is 29.7 Å². The Bertz CT molecular complexity index is 977. The zero-order valence-electron chi connectivity index (χ0n) is 17.4. The third-order valence-electron chi connectivity index (χ3n) is 6.98. The van der Waals surface area contributed by atoms with E-state index in [0.717, 1.165) is 30.0 Å². The molecular weight excluding hydrogens is 420 g/mol. The molecule has 168 valence electrons. The zero-order valence-corrected chi connectivity index (χ0v) is 18.2. The number of sulfonamides is 1. The van der Waals surface area contributed by atoms with Gasteiger partial charge in [0.1, 0.15) is 0 Å². The smallest absolute Gasteiger partial charge is 0.261 e. The number of primary amides is 1. The Morgan fingerprint density at radius 2 is 1.90 bits per heavy atom. The number of amides is 2. The predicted octanol–water partition coefficient (Wildman–Crippen LogP) is 0.840. The van der Waals surface area contributed by atoms with Crippen molar-refractivity contribution < 1.29 is 22.8 Å². The van der Waals surface area contributed by atoms with Crippen LogP contribution in [0, 0.1) is 5.92 Å². The van der Waals surface area contributed by atoms with Gasteiger partial charge in [-0.25, -0.2) is 13.4 Å². The molecule has 0 aromatic carbocycles. The van der Waals surface area contributed by atoms with Crippen molar-refractivity contribution in [3.05, 3.63) is 24.4 Å². The molecule has 2 N–H and O–H groups in total. The first-order chi connectivity index (χ1) is 14.8. The Labute approximate surface area is 182 Å². The van der Waals surface area contributed by atoms with E-state index in [-0.39, 0.29) is 30.3 Å². The SMILES string of the molecule is NC(=O)C12C(=O)CN(S(=O)(=O)c3ccccn3)C1CCN2C(=O)CCC1CCCCC1. The van der Waals surface area contributed by atoms with Crippen LogP contribution in [0.2, 0.25) is 0 Å². The van der Waals surface area contributed by atoms with Crippen molar-refractivity contribution in [3.63, 3.8) is 0 Å². The molecule has 1 saturated carbocycles. The van der Waals surface area contributed by atoms with Crippen molar-refractivity contribution in [1.82, 2.24) is 14.2 Å². The van der Waals surface area contributed by atoms with Gasteiger partial charge in [-0.2, -0.15) is 4.31 Å². The Morgan fingerprint density at radius 1 is 1.16 bits per heavy atom. The minimum Gasteiger partial charge on any atom is -0.367 e. The number of Topliss-reactive ketones (excluding diaryl/α,β-unsaturated/α-hetero) is 1. The van der Waals surface area contributed by atoms with Crippen LogP contribution in [-0.4, -0.2) is 64.9 Å². The quantitative estimate of drug-likeness (QED) is 0.642. The van der Waals surface area contributed by atoms with Crippen LogP contribution < -0.4 is 5.73 Å². The van der Waals surface area contributed by atoms with Crippen LogP contribution in [0.3, 0.4) is 0 Å². The molecule has 0 bridgehead atoms. The van der Waals surface area contributed by atoms with E-state index < -0.39 is 39.8 Å². The molecule has 3 fully saturated rings. The highest BCUT2D eigenvalue weighted by Crippen LogP contribution is 2.42. The zero-order chi connectivity index (χ0) is 22.2. The summed E-state index contributed by atoms with van der Waals surface area (Å²) in [5.41, 5.74) is 3.75. The summed E-state index contributed by atoms with van der Waals surface area (Å²) < 4.78 is 27.3. The topological polar surface area (TPSA) is 131 Å². The highest BCUT2D eigenvalue weighted by atomic mass is 32.2. The summed E-state index contributed by atoms with van der Waals surface area (Å²) in [5, 5.41) is -0.204. The van der Waals surface area contributed by atoms with Crippen LogP contribution in [-0.2, 0) is 24.4 Å². The molecule has 2 atom stereocenters. The first-order valence-electron chi connectivity index (χ1n) is 10.9. The number of carbonyl (C=O) groups is 3. The van der Waals surface area contributed by atoms with Crippen LogP contribution in [0.4, 0.5) is 0 Å². The van der Waals surface area contributed by atoms with Crippen molar-refractivity contribution in [1.29, 1.82) is 0 Å². The molecule has 1 aromatic rings. The van der Waals surface area contributed by atoms with Gasteiger partial charge < -0.3 is 10.6 Å². The van der Waals surface area contributed by atoms with Gasteiger partial charge in [-0.3, -0.25) is 14.4 Å². The molecule has 2 amide bonds. The van der Waals surface area contributed by atoms with Gasteiger partial charge in [0.15, 0.2) is 16.3 Å². The highest BCUT2D eigenvalue weighted by Gasteiger charge is 2.68. The minimum absolute atomic E-state index is 0.122. The number of likely N-dealkylation sites (tertiary alicyclic amines) is 1. The minimum atomic E-state index is -4.12. The van der Waals surface area contributed by atoms with Gasteiger partial charge >= 0.3 is 0 Å². The first kappa shape index (κ1) is 21.9. The molecule has 2 saturated heterocycles. The number of nitrogens with zero attached hydrogens (tertiary/aromatic N) is 3. The molecule has 2 unspecified atom stereocenters. The van der Waals surface area contributed by atoms with E-state index in [0.29, 0.717) is 12.3 Å². The molecule has 1 aromatic heterocycles. The summed E-state index contributed by atoms with van der Waals surface area (Å²) in [6.45, 7) is -0.379. The number of pyridine rings is 1. The molecule has 3 aliphatic rings. The Kier molecular flexibility index (Phi) is 5.87. The van der Waals surface area contributed by atoms with Crippen molar-refractivity contribution >= 4 is 27.6 Å². The third-order valence-corrected chi connectivity index (χ3v) is 8.76. The van der Waals surface area contributed by atoms with E-state index >= 15 is 0 Å². The van der Waals surface area contributed by atoms with E-state index in [1.54, 1.807) is 6.07 Å². The standard InChI is InChI=1S/C21H28N4O5S/c22-20(28)21-16(11-13-24(21)19(27)10-9-15-6-2-1-3-7-15)25(14-17(21)26)31(29,30)18-8-4-5-12-23-18/h4-5,8,12,15-16H,1-3,6-7,9-11,13-14H2,(H2,22,28). The summed E-state index contributed by atoms with van der Waals surface area (Å²) >= 11 is 0.